The van der Waals surface area contributed by atoms with E-state index in [0.717, 1.165) is 12.8 Å². The van der Waals surface area contributed by atoms with Crippen molar-refractivity contribution in [2.75, 3.05) is 44.7 Å². The summed E-state index contributed by atoms with van der Waals surface area (Å²) in [6.07, 6.45) is -0.540. The number of amides is 2. The number of hydrogen-bond acceptors (Lipinski definition) is 3. The number of piperazine rings is 1. The van der Waals surface area contributed by atoms with E-state index in [1.165, 1.54) is 0 Å². The van der Waals surface area contributed by atoms with Crippen molar-refractivity contribution >= 4 is 17.5 Å². The molecule has 2 aliphatic rings. The number of halogens is 2. The first-order valence-electron chi connectivity index (χ1n) is 8.63. The molecule has 1 saturated carbocycles. The predicted octanol–water partition coefficient (Wildman–Crippen LogP) is 2.08. The van der Waals surface area contributed by atoms with Crippen LogP contribution in [0.25, 0.3) is 0 Å². The van der Waals surface area contributed by atoms with Gasteiger partial charge in [0.15, 0.2) is 0 Å². The van der Waals surface area contributed by atoms with Crippen molar-refractivity contribution in [1.82, 2.24) is 9.80 Å². The minimum absolute atomic E-state index is 0.0435. The molecule has 1 aromatic rings. The van der Waals surface area contributed by atoms with E-state index >= 15 is 0 Å². The summed E-state index contributed by atoms with van der Waals surface area (Å²) in [5.41, 5.74) is 1.10. The quantitative estimate of drug-likeness (QED) is 0.816. The topological polar surface area (TPSA) is 43.9 Å². The normalized spacial score (nSPS) is 18.5. The van der Waals surface area contributed by atoms with Crippen LogP contribution in [-0.2, 0) is 4.79 Å². The molecule has 5 nitrogen and oxygen atoms in total. The number of rotatable bonds is 5. The lowest BCUT2D eigenvalue weighted by atomic mass is 10.1. The first-order chi connectivity index (χ1) is 12.0. The molecule has 1 saturated heterocycles. The van der Waals surface area contributed by atoms with Crippen molar-refractivity contribution in [1.29, 1.82) is 0 Å². The molecule has 1 aliphatic carbocycles. The molecule has 25 heavy (non-hydrogen) atoms. The van der Waals surface area contributed by atoms with Crippen LogP contribution >= 0.6 is 0 Å². The van der Waals surface area contributed by atoms with E-state index < -0.39 is 6.43 Å². The summed E-state index contributed by atoms with van der Waals surface area (Å²) in [4.78, 5) is 30.1. The molecule has 0 radical (unpaired) electrons. The summed E-state index contributed by atoms with van der Waals surface area (Å²) in [5.74, 6) is -0.0317. The van der Waals surface area contributed by atoms with Gasteiger partial charge in [-0.1, -0.05) is 12.1 Å². The number of alkyl halides is 2. The maximum absolute atomic E-state index is 12.9. The van der Waals surface area contributed by atoms with Gasteiger partial charge in [0.2, 0.25) is 5.91 Å². The van der Waals surface area contributed by atoms with Crippen LogP contribution in [0.3, 0.4) is 0 Å². The minimum Gasteiger partial charge on any atom is -0.336 e. The lowest BCUT2D eigenvalue weighted by Crippen LogP contribution is -2.50. The van der Waals surface area contributed by atoms with Crippen LogP contribution in [-0.4, -0.2) is 67.8 Å². The first kappa shape index (κ1) is 17.8. The fourth-order valence-electron chi connectivity index (χ4n) is 3.17. The highest BCUT2D eigenvalue weighted by atomic mass is 19.3. The van der Waals surface area contributed by atoms with Gasteiger partial charge in [0, 0.05) is 39.1 Å². The fourth-order valence-corrected chi connectivity index (χ4v) is 3.17. The van der Waals surface area contributed by atoms with Gasteiger partial charge in [0.1, 0.15) is 0 Å². The largest absolute Gasteiger partial charge is 0.336 e. The van der Waals surface area contributed by atoms with Gasteiger partial charge < -0.3 is 9.80 Å². The molecule has 0 unspecified atom stereocenters. The number of nitrogens with zero attached hydrogens (tertiary/aromatic N) is 3. The average Bonchev–Trinajstić information content (AvgIpc) is 3.45. The molecule has 136 valence electrons. The van der Waals surface area contributed by atoms with Crippen LogP contribution in [0, 0.1) is 5.92 Å². The van der Waals surface area contributed by atoms with Crippen LogP contribution in [0.1, 0.15) is 23.2 Å². The van der Waals surface area contributed by atoms with E-state index in [1.807, 2.05) is 6.07 Å². The molecular formula is C18H23F2N3O2. The molecule has 0 spiro atoms. The zero-order chi connectivity index (χ0) is 18.0. The Kier molecular flexibility index (Phi) is 5.32. The van der Waals surface area contributed by atoms with Gasteiger partial charge in [-0.05, 0) is 25.0 Å². The van der Waals surface area contributed by atoms with Gasteiger partial charge in [-0.15, -0.1) is 0 Å². The monoisotopic (exact) mass is 351 g/mol. The van der Waals surface area contributed by atoms with Gasteiger partial charge in [-0.2, -0.15) is 0 Å². The lowest BCUT2D eigenvalue weighted by Gasteiger charge is -2.35. The van der Waals surface area contributed by atoms with Crippen molar-refractivity contribution in [3.05, 3.63) is 29.8 Å². The smallest absolute Gasteiger partial charge is 0.256 e. The molecule has 7 heteroatoms. The molecule has 2 amide bonds. The van der Waals surface area contributed by atoms with Crippen LogP contribution in [0.15, 0.2) is 24.3 Å². The number of para-hydroxylation sites is 1. The Balaban J connectivity index is 1.69. The Morgan fingerprint density at radius 3 is 2.40 bits per heavy atom. The van der Waals surface area contributed by atoms with E-state index in [4.69, 9.17) is 0 Å². The van der Waals surface area contributed by atoms with Crippen LogP contribution < -0.4 is 4.90 Å². The number of benzene rings is 1. The third-order valence-corrected chi connectivity index (χ3v) is 4.81. The summed E-state index contributed by atoms with van der Waals surface area (Å²) >= 11 is 0. The van der Waals surface area contributed by atoms with E-state index in [9.17, 15) is 18.4 Å². The summed E-state index contributed by atoms with van der Waals surface area (Å²) in [7, 11) is 1.70. The summed E-state index contributed by atoms with van der Waals surface area (Å²) < 4.78 is 24.9. The second-order valence-electron chi connectivity index (χ2n) is 6.67. The highest BCUT2D eigenvalue weighted by Crippen LogP contribution is 2.33. The van der Waals surface area contributed by atoms with E-state index in [-0.39, 0.29) is 24.3 Å². The first-order valence-corrected chi connectivity index (χ1v) is 8.63. The summed E-state index contributed by atoms with van der Waals surface area (Å²) in [5, 5.41) is 0. The van der Waals surface area contributed by atoms with Gasteiger partial charge in [-0.3, -0.25) is 14.5 Å². The fraction of sp³-hybridized carbons (Fsp3) is 0.556. The Bertz CT molecular complexity index is 641. The van der Waals surface area contributed by atoms with Gasteiger partial charge in [-0.25, -0.2) is 8.78 Å². The lowest BCUT2D eigenvalue weighted by molar-refractivity contribution is -0.119. The van der Waals surface area contributed by atoms with Crippen molar-refractivity contribution in [3.8, 4) is 0 Å². The second-order valence-corrected chi connectivity index (χ2v) is 6.67. The maximum Gasteiger partial charge on any atom is 0.256 e. The number of anilines is 1. The van der Waals surface area contributed by atoms with E-state index in [1.54, 1.807) is 39.9 Å². The van der Waals surface area contributed by atoms with Crippen LogP contribution in [0.4, 0.5) is 14.5 Å². The van der Waals surface area contributed by atoms with Crippen molar-refractivity contribution < 1.29 is 18.4 Å². The Morgan fingerprint density at radius 1 is 1.16 bits per heavy atom. The van der Waals surface area contributed by atoms with E-state index in [0.29, 0.717) is 37.4 Å². The number of hydrogen-bond donors (Lipinski definition) is 0. The third kappa shape index (κ3) is 4.15. The zero-order valence-corrected chi connectivity index (χ0v) is 14.3. The second kappa shape index (κ2) is 7.47. The highest BCUT2D eigenvalue weighted by molar-refractivity contribution is 6.05. The molecule has 1 aliphatic heterocycles. The Labute approximate surface area is 146 Å². The zero-order valence-electron chi connectivity index (χ0n) is 14.3. The minimum atomic E-state index is -2.36. The average molecular weight is 351 g/mol. The molecule has 0 N–H and O–H groups in total. The van der Waals surface area contributed by atoms with Crippen LogP contribution in [0.5, 0.6) is 0 Å². The summed E-state index contributed by atoms with van der Waals surface area (Å²) in [6.45, 7) is 1.46. The van der Waals surface area contributed by atoms with E-state index in [2.05, 4.69) is 0 Å². The molecule has 0 atom stereocenters. The van der Waals surface area contributed by atoms with Gasteiger partial charge in [0.05, 0.1) is 17.8 Å². The van der Waals surface area contributed by atoms with Gasteiger partial charge >= 0.3 is 0 Å². The number of carbonyl (C=O) groups is 2. The molecule has 1 aromatic carbocycles. The predicted molar refractivity (Wildman–Crippen MR) is 90.9 cm³/mol. The van der Waals surface area contributed by atoms with Gasteiger partial charge in [0.25, 0.3) is 12.3 Å². The Morgan fingerprint density at radius 2 is 1.80 bits per heavy atom. The molecule has 3 rings (SSSR count). The molecular weight excluding hydrogens is 328 g/mol. The van der Waals surface area contributed by atoms with Crippen molar-refractivity contribution in [2.45, 2.75) is 19.3 Å². The molecule has 0 bridgehead atoms. The molecule has 0 aromatic heterocycles. The van der Waals surface area contributed by atoms with Crippen molar-refractivity contribution in [2.24, 2.45) is 5.92 Å². The standard InChI is InChI=1S/C18H23F2N3O2/c1-21(17(24)13-6-7-13)15-5-3-2-4-14(15)18(25)23-10-8-22(9-11-23)12-16(19)20/h2-5,13,16H,6-12H2,1H3. The highest BCUT2D eigenvalue weighted by Gasteiger charge is 2.34. The summed E-state index contributed by atoms with van der Waals surface area (Å²) in [6, 6.07) is 7.09. The van der Waals surface area contributed by atoms with Crippen LogP contribution in [0.2, 0.25) is 0 Å². The molecule has 2 fully saturated rings. The molecule has 1 heterocycles. The number of carbonyl (C=O) groups excluding carboxylic acids is 2. The maximum atomic E-state index is 12.9. The van der Waals surface area contributed by atoms with Crippen molar-refractivity contribution in [3.63, 3.8) is 0 Å². The Hall–Kier alpha value is -2.02. The SMILES string of the molecule is CN(C(=O)C1CC1)c1ccccc1C(=O)N1CCN(CC(F)F)CC1. The third-order valence-electron chi connectivity index (χ3n) is 4.81.